The summed E-state index contributed by atoms with van der Waals surface area (Å²) in [6.45, 7) is 8.60. The van der Waals surface area contributed by atoms with Gasteiger partial charge in [0.15, 0.2) is 0 Å². The van der Waals surface area contributed by atoms with Crippen LogP contribution in [0.2, 0.25) is 0 Å². The number of aryl methyl sites for hydroxylation is 2. The standard InChI is InChI=1S/C14H27N3O2/c1-5-6-7-19-10-13(18)8-15-9-14-11(2)16-17(4)12(14)3/h13,15,18H,5-10H2,1-4H3. The van der Waals surface area contributed by atoms with Crippen molar-refractivity contribution in [1.82, 2.24) is 15.1 Å². The normalized spacial score (nSPS) is 12.9. The molecular weight excluding hydrogens is 242 g/mol. The predicted molar refractivity (Wildman–Crippen MR) is 76.1 cm³/mol. The number of aromatic nitrogens is 2. The molecule has 5 heteroatoms. The van der Waals surface area contributed by atoms with Gasteiger partial charge in [0.2, 0.25) is 0 Å². The SMILES string of the molecule is CCCCOCC(O)CNCc1c(C)nn(C)c1C. The molecule has 1 heterocycles. The van der Waals surface area contributed by atoms with E-state index in [0.29, 0.717) is 13.2 Å². The van der Waals surface area contributed by atoms with E-state index in [1.165, 1.54) is 11.3 Å². The quantitative estimate of drug-likeness (QED) is 0.664. The highest BCUT2D eigenvalue weighted by molar-refractivity contribution is 5.23. The van der Waals surface area contributed by atoms with Gasteiger partial charge in [-0.25, -0.2) is 0 Å². The summed E-state index contributed by atoms with van der Waals surface area (Å²) in [5.74, 6) is 0. The van der Waals surface area contributed by atoms with Crippen LogP contribution < -0.4 is 5.32 Å². The number of aliphatic hydroxyl groups excluding tert-OH is 1. The van der Waals surface area contributed by atoms with Crippen LogP contribution in [0.5, 0.6) is 0 Å². The van der Waals surface area contributed by atoms with Crippen LogP contribution in [0.3, 0.4) is 0 Å². The average molecular weight is 269 g/mol. The fraction of sp³-hybridized carbons (Fsp3) is 0.786. The maximum atomic E-state index is 9.76. The lowest BCUT2D eigenvalue weighted by molar-refractivity contribution is 0.0358. The Hall–Kier alpha value is -0.910. The zero-order valence-electron chi connectivity index (χ0n) is 12.6. The lowest BCUT2D eigenvalue weighted by atomic mass is 10.2. The van der Waals surface area contributed by atoms with Crippen molar-refractivity contribution >= 4 is 0 Å². The van der Waals surface area contributed by atoms with Gasteiger partial charge in [0, 0.05) is 38.0 Å². The van der Waals surface area contributed by atoms with E-state index in [9.17, 15) is 5.11 Å². The molecule has 2 N–H and O–H groups in total. The minimum atomic E-state index is -0.450. The van der Waals surface area contributed by atoms with Crippen LogP contribution in [0.25, 0.3) is 0 Å². The molecule has 0 saturated heterocycles. The van der Waals surface area contributed by atoms with Gasteiger partial charge in [0.05, 0.1) is 18.4 Å². The molecule has 0 aromatic carbocycles. The summed E-state index contributed by atoms with van der Waals surface area (Å²) < 4.78 is 7.27. The van der Waals surface area contributed by atoms with Gasteiger partial charge in [-0.2, -0.15) is 5.10 Å². The van der Waals surface area contributed by atoms with Crippen LogP contribution >= 0.6 is 0 Å². The molecule has 19 heavy (non-hydrogen) atoms. The Kier molecular flexibility index (Phi) is 7.05. The summed E-state index contributed by atoms with van der Waals surface area (Å²) in [6.07, 6.45) is 1.72. The largest absolute Gasteiger partial charge is 0.389 e. The van der Waals surface area contributed by atoms with Crippen molar-refractivity contribution in [2.75, 3.05) is 19.8 Å². The van der Waals surface area contributed by atoms with Gasteiger partial charge in [0.25, 0.3) is 0 Å². The van der Waals surface area contributed by atoms with Crippen molar-refractivity contribution in [3.05, 3.63) is 17.0 Å². The monoisotopic (exact) mass is 269 g/mol. The van der Waals surface area contributed by atoms with Crippen LogP contribution in [0.15, 0.2) is 0 Å². The first-order chi connectivity index (χ1) is 9.06. The number of ether oxygens (including phenoxy) is 1. The molecule has 1 unspecified atom stereocenters. The average Bonchev–Trinajstić information content (AvgIpc) is 2.61. The second-order valence-electron chi connectivity index (χ2n) is 4.99. The lowest BCUT2D eigenvalue weighted by Crippen LogP contribution is -2.30. The Morgan fingerprint density at radius 3 is 2.74 bits per heavy atom. The second kappa shape index (κ2) is 8.30. The van der Waals surface area contributed by atoms with Gasteiger partial charge in [-0.1, -0.05) is 13.3 Å². The Labute approximate surface area is 116 Å². The second-order valence-corrected chi connectivity index (χ2v) is 4.99. The maximum Gasteiger partial charge on any atom is 0.0897 e. The fourth-order valence-corrected chi connectivity index (χ4v) is 1.96. The van der Waals surface area contributed by atoms with Crippen molar-refractivity contribution in [3.8, 4) is 0 Å². The first-order valence-corrected chi connectivity index (χ1v) is 7.01. The lowest BCUT2D eigenvalue weighted by Gasteiger charge is -2.12. The van der Waals surface area contributed by atoms with Gasteiger partial charge in [-0.3, -0.25) is 4.68 Å². The van der Waals surface area contributed by atoms with Crippen molar-refractivity contribution < 1.29 is 9.84 Å². The summed E-state index contributed by atoms with van der Waals surface area (Å²) >= 11 is 0. The van der Waals surface area contributed by atoms with E-state index in [4.69, 9.17) is 4.74 Å². The van der Waals surface area contributed by atoms with Gasteiger partial charge in [-0.05, 0) is 20.3 Å². The van der Waals surface area contributed by atoms with Gasteiger partial charge >= 0.3 is 0 Å². The number of aliphatic hydroxyl groups is 1. The Morgan fingerprint density at radius 1 is 1.42 bits per heavy atom. The van der Waals surface area contributed by atoms with Crippen LogP contribution in [0.1, 0.15) is 36.7 Å². The highest BCUT2D eigenvalue weighted by atomic mass is 16.5. The molecular formula is C14H27N3O2. The first-order valence-electron chi connectivity index (χ1n) is 7.01. The molecule has 0 bridgehead atoms. The molecule has 0 aliphatic rings. The summed E-state index contributed by atoms with van der Waals surface area (Å²) in [5.41, 5.74) is 3.42. The third kappa shape index (κ3) is 5.30. The van der Waals surface area contributed by atoms with Gasteiger partial charge in [-0.15, -0.1) is 0 Å². The summed E-state index contributed by atoms with van der Waals surface area (Å²) in [7, 11) is 1.95. The molecule has 0 fully saturated rings. The zero-order valence-corrected chi connectivity index (χ0v) is 12.6. The molecule has 0 amide bonds. The van der Waals surface area contributed by atoms with E-state index in [2.05, 4.69) is 24.3 Å². The predicted octanol–water partition coefficient (Wildman–Crippen LogP) is 1.30. The summed E-state index contributed by atoms with van der Waals surface area (Å²) in [5, 5.41) is 17.4. The molecule has 1 rings (SSSR count). The summed E-state index contributed by atoms with van der Waals surface area (Å²) in [4.78, 5) is 0. The van der Waals surface area contributed by atoms with Crippen LogP contribution in [0, 0.1) is 13.8 Å². The minimum Gasteiger partial charge on any atom is -0.389 e. The molecule has 0 aliphatic carbocycles. The molecule has 0 aliphatic heterocycles. The highest BCUT2D eigenvalue weighted by Gasteiger charge is 2.10. The van der Waals surface area contributed by atoms with Crippen molar-refractivity contribution in [2.45, 2.75) is 46.3 Å². The van der Waals surface area contributed by atoms with Crippen LogP contribution in [0.4, 0.5) is 0 Å². The van der Waals surface area contributed by atoms with E-state index in [1.807, 2.05) is 18.7 Å². The van der Waals surface area contributed by atoms with Gasteiger partial charge < -0.3 is 15.2 Å². The first kappa shape index (κ1) is 16.1. The number of hydrogen-bond acceptors (Lipinski definition) is 4. The molecule has 0 saturated carbocycles. The molecule has 110 valence electrons. The van der Waals surface area contributed by atoms with Crippen molar-refractivity contribution in [2.24, 2.45) is 7.05 Å². The molecule has 0 spiro atoms. The molecule has 0 radical (unpaired) electrons. The maximum absolute atomic E-state index is 9.76. The van der Waals surface area contributed by atoms with E-state index in [1.54, 1.807) is 0 Å². The van der Waals surface area contributed by atoms with Crippen LogP contribution in [-0.4, -0.2) is 40.7 Å². The minimum absolute atomic E-state index is 0.401. The number of nitrogens with zero attached hydrogens (tertiary/aromatic N) is 2. The molecule has 1 aromatic rings. The summed E-state index contributed by atoms with van der Waals surface area (Å²) in [6, 6.07) is 0. The van der Waals surface area contributed by atoms with E-state index < -0.39 is 6.10 Å². The number of unbranched alkanes of at least 4 members (excludes halogenated alkanes) is 1. The Morgan fingerprint density at radius 2 is 2.16 bits per heavy atom. The van der Waals surface area contributed by atoms with Crippen molar-refractivity contribution in [3.63, 3.8) is 0 Å². The smallest absolute Gasteiger partial charge is 0.0897 e. The number of hydrogen-bond donors (Lipinski definition) is 2. The van der Waals surface area contributed by atoms with Crippen LogP contribution in [-0.2, 0) is 18.3 Å². The van der Waals surface area contributed by atoms with E-state index >= 15 is 0 Å². The third-order valence-corrected chi connectivity index (χ3v) is 3.29. The Balaban J connectivity index is 2.22. The van der Waals surface area contributed by atoms with E-state index in [-0.39, 0.29) is 0 Å². The fourth-order valence-electron chi connectivity index (χ4n) is 1.96. The molecule has 5 nitrogen and oxygen atoms in total. The van der Waals surface area contributed by atoms with Gasteiger partial charge in [0.1, 0.15) is 0 Å². The van der Waals surface area contributed by atoms with Crippen molar-refractivity contribution in [1.29, 1.82) is 0 Å². The molecule has 1 aromatic heterocycles. The number of rotatable bonds is 9. The molecule has 1 atom stereocenters. The topological polar surface area (TPSA) is 59.3 Å². The number of nitrogens with one attached hydrogen (secondary N) is 1. The zero-order chi connectivity index (χ0) is 14.3. The third-order valence-electron chi connectivity index (χ3n) is 3.29. The Bertz CT molecular complexity index is 377. The highest BCUT2D eigenvalue weighted by Crippen LogP contribution is 2.10. The van der Waals surface area contributed by atoms with E-state index in [0.717, 1.165) is 31.7 Å².